The Balaban J connectivity index is 1.82. The van der Waals surface area contributed by atoms with Crippen molar-refractivity contribution in [3.05, 3.63) is 46.2 Å². The van der Waals surface area contributed by atoms with Crippen LogP contribution >= 0.6 is 11.3 Å². The minimum atomic E-state index is -3.31. The van der Waals surface area contributed by atoms with Gasteiger partial charge in [0.25, 0.3) is 5.91 Å². The summed E-state index contributed by atoms with van der Waals surface area (Å²) in [7, 11) is -3.31. The summed E-state index contributed by atoms with van der Waals surface area (Å²) in [4.78, 5) is 13.4. The topological polar surface area (TPSA) is 63.2 Å². The van der Waals surface area contributed by atoms with Crippen molar-refractivity contribution in [2.24, 2.45) is 0 Å². The Hall–Kier alpha value is -1.66. The van der Waals surface area contributed by atoms with E-state index in [1.165, 1.54) is 11.3 Å². The molecule has 0 aliphatic heterocycles. The molecule has 1 aliphatic rings. The summed E-state index contributed by atoms with van der Waals surface area (Å²) in [5.41, 5.74) is 1.53. The minimum Gasteiger partial charge on any atom is -0.321 e. The number of carbonyl (C=O) groups is 1. The molecule has 0 atom stereocenters. The quantitative estimate of drug-likeness (QED) is 0.862. The van der Waals surface area contributed by atoms with Crippen molar-refractivity contribution < 1.29 is 13.2 Å². The van der Waals surface area contributed by atoms with Gasteiger partial charge >= 0.3 is 0 Å². The molecule has 24 heavy (non-hydrogen) atoms. The van der Waals surface area contributed by atoms with Gasteiger partial charge in [0, 0.05) is 5.69 Å². The molecular formula is C18H21NO3S2. The van der Waals surface area contributed by atoms with Gasteiger partial charge in [-0.05, 0) is 54.5 Å². The zero-order chi connectivity index (χ0) is 17.2. The van der Waals surface area contributed by atoms with E-state index in [9.17, 15) is 13.2 Å². The molecule has 1 fully saturated rings. The van der Waals surface area contributed by atoms with Gasteiger partial charge in [0.2, 0.25) is 0 Å². The number of hydrogen-bond donors (Lipinski definition) is 1. The highest BCUT2D eigenvalue weighted by molar-refractivity contribution is 7.92. The number of rotatable bonds is 5. The Kier molecular flexibility index (Phi) is 5.06. The zero-order valence-electron chi connectivity index (χ0n) is 13.6. The van der Waals surface area contributed by atoms with Gasteiger partial charge in [0.1, 0.15) is 0 Å². The fraction of sp³-hybridized carbons (Fsp3) is 0.389. The van der Waals surface area contributed by atoms with E-state index in [2.05, 4.69) is 5.32 Å². The summed E-state index contributed by atoms with van der Waals surface area (Å²) in [6, 6.07) is 8.55. The predicted molar refractivity (Wildman–Crippen MR) is 97.5 cm³/mol. The second-order valence-electron chi connectivity index (χ2n) is 6.06. The van der Waals surface area contributed by atoms with Crippen LogP contribution in [0.1, 0.15) is 47.8 Å². The van der Waals surface area contributed by atoms with Crippen molar-refractivity contribution in [2.45, 2.75) is 49.2 Å². The molecule has 0 saturated heterocycles. The molecule has 0 unspecified atom stereocenters. The molecule has 2 aromatic rings. The number of sulfone groups is 1. The minimum absolute atomic E-state index is 0.183. The molecule has 4 nitrogen and oxygen atoms in total. The largest absolute Gasteiger partial charge is 0.321 e. The SMILES string of the molecule is CCc1ccsc1C(=O)Nc1cccc(S(=O)(=O)C2CCCC2)c1. The maximum atomic E-state index is 12.7. The molecule has 1 N–H and O–H groups in total. The van der Waals surface area contributed by atoms with Crippen LogP contribution in [0, 0.1) is 0 Å². The predicted octanol–water partition coefficient (Wildman–Crippen LogP) is 4.28. The number of amides is 1. The Morgan fingerprint density at radius 2 is 2.00 bits per heavy atom. The van der Waals surface area contributed by atoms with Gasteiger partial charge in [-0.2, -0.15) is 0 Å². The summed E-state index contributed by atoms with van der Waals surface area (Å²) in [5.74, 6) is -0.183. The standard InChI is InChI=1S/C18H21NO3S2/c1-2-13-10-11-23-17(13)18(20)19-14-6-5-9-16(12-14)24(21,22)15-7-3-4-8-15/h5-6,9-12,15H,2-4,7-8H2,1H3,(H,19,20). The monoisotopic (exact) mass is 363 g/mol. The molecule has 128 valence electrons. The van der Waals surface area contributed by atoms with E-state index in [1.807, 2.05) is 18.4 Å². The number of benzene rings is 1. The second kappa shape index (κ2) is 7.07. The van der Waals surface area contributed by atoms with Gasteiger partial charge in [0.05, 0.1) is 15.0 Å². The first-order valence-corrected chi connectivity index (χ1v) is 10.7. The molecule has 6 heteroatoms. The van der Waals surface area contributed by atoms with Crippen molar-refractivity contribution in [3.63, 3.8) is 0 Å². The van der Waals surface area contributed by atoms with Crippen molar-refractivity contribution in [1.29, 1.82) is 0 Å². The number of aryl methyl sites for hydroxylation is 1. The first-order valence-electron chi connectivity index (χ1n) is 8.24. The lowest BCUT2D eigenvalue weighted by molar-refractivity contribution is 0.102. The van der Waals surface area contributed by atoms with Crippen LogP contribution in [0.5, 0.6) is 0 Å². The fourth-order valence-electron chi connectivity index (χ4n) is 3.14. The number of carbonyl (C=O) groups excluding carboxylic acids is 1. The van der Waals surface area contributed by atoms with Crippen LogP contribution < -0.4 is 5.32 Å². The summed E-state index contributed by atoms with van der Waals surface area (Å²) in [5, 5.41) is 4.44. The molecule has 1 aromatic heterocycles. The first-order chi connectivity index (χ1) is 11.5. The van der Waals surface area contributed by atoms with Gasteiger partial charge in [-0.1, -0.05) is 25.8 Å². The molecule has 1 aliphatic carbocycles. The van der Waals surface area contributed by atoms with Gasteiger partial charge in [-0.15, -0.1) is 11.3 Å². The van der Waals surface area contributed by atoms with E-state index >= 15 is 0 Å². The van der Waals surface area contributed by atoms with E-state index in [4.69, 9.17) is 0 Å². The van der Waals surface area contributed by atoms with E-state index in [0.717, 1.165) is 37.7 Å². The average Bonchev–Trinajstić information content (AvgIpc) is 3.26. The summed E-state index contributed by atoms with van der Waals surface area (Å²) in [6.07, 6.45) is 4.20. The Labute approximate surface area is 146 Å². The molecule has 0 radical (unpaired) electrons. The fourth-order valence-corrected chi connectivity index (χ4v) is 5.93. The molecule has 0 bridgehead atoms. The number of nitrogens with one attached hydrogen (secondary N) is 1. The van der Waals surface area contributed by atoms with Crippen molar-refractivity contribution >= 4 is 32.8 Å². The van der Waals surface area contributed by atoms with Crippen LogP contribution in [0.4, 0.5) is 5.69 Å². The lowest BCUT2D eigenvalue weighted by Crippen LogP contribution is -2.18. The van der Waals surface area contributed by atoms with Crippen LogP contribution in [-0.2, 0) is 16.3 Å². The van der Waals surface area contributed by atoms with E-state index in [-0.39, 0.29) is 11.2 Å². The number of hydrogen-bond acceptors (Lipinski definition) is 4. The number of thiophene rings is 1. The van der Waals surface area contributed by atoms with Gasteiger partial charge in [0.15, 0.2) is 9.84 Å². The lowest BCUT2D eigenvalue weighted by Gasteiger charge is -2.12. The van der Waals surface area contributed by atoms with Crippen LogP contribution in [-0.4, -0.2) is 19.6 Å². The summed E-state index contributed by atoms with van der Waals surface area (Å²) >= 11 is 1.40. The van der Waals surface area contributed by atoms with Gasteiger partial charge in [-0.25, -0.2) is 8.42 Å². The maximum Gasteiger partial charge on any atom is 0.266 e. The third-order valence-corrected chi connectivity index (χ3v) is 7.71. The molecule has 1 heterocycles. The zero-order valence-corrected chi connectivity index (χ0v) is 15.3. The molecule has 3 rings (SSSR count). The Morgan fingerprint density at radius 1 is 1.25 bits per heavy atom. The third kappa shape index (κ3) is 3.39. The van der Waals surface area contributed by atoms with Crippen LogP contribution in [0.2, 0.25) is 0 Å². The Morgan fingerprint density at radius 3 is 2.71 bits per heavy atom. The molecular weight excluding hydrogens is 342 g/mol. The summed E-state index contributed by atoms with van der Waals surface area (Å²) in [6.45, 7) is 2.01. The second-order valence-corrected chi connectivity index (χ2v) is 9.21. The highest BCUT2D eigenvalue weighted by Gasteiger charge is 2.30. The molecule has 1 saturated carbocycles. The lowest BCUT2D eigenvalue weighted by atomic mass is 10.2. The molecule has 1 amide bonds. The van der Waals surface area contributed by atoms with E-state index in [1.54, 1.807) is 24.3 Å². The van der Waals surface area contributed by atoms with Crippen LogP contribution in [0.15, 0.2) is 40.6 Å². The smallest absolute Gasteiger partial charge is 0.266 e. The number of anilines is 1. The van der Waals surface area contributed by atoms with Crippen LogP contribution in [0.25, 0.3) is 0 Å². The molecule has 0 spiro atoms. The van der Waals surface area contributed by atoms with Gasteiger partial charge in [-0.3, -0.25) is 4.79 Å². The maximum absolute atomic E-state index is 12.7. The normalized spacial score (nSPS) is 15.5. The Bertz CT molecular complexity index is 833. The highest BCUT2D eigenvalue weighted by atomic mass is 32.2. The van der Waals surface area contributed by atoms with Gasteiger partial charge < -0.3 is 5.32 Å². The van der Waals surface area contributed by atoms with Crippen molar-refractivity contribution in [3.8, 4) is 0 Å². The van der Waals surface area contributed by atoms with Crippen molar-refractivity contribution in [2.75, 3.05) is 5.32 Å². The highest BCUT2D eigenvalue weighted by Crippen LogP contribution is 2.30. The average molecular weight is 364 g/mol. The summed E-state index contributed by atoms with van der Waals surface area (Å²) < 4.78 is 25.4. The van der Waals surface area contributed by atoms with E-state index in [0.29, 0.717) is 15.5 Å². The first kappa shape index (κ1) is 17.2. The van der Waals surface area contributed by atoms with Crippen molar-refractivity contribution in [1.82, 2.24) is 0 Å². The third-order valence-electron chi connectivity index (χ3n) is 4.50. The van der Waals surface area contributed by atoms with E-state index < -0.39 is 9.84 Å². The molecule has 1 aromatic carbocycles. The van der Waals surface area contributed by atoms with Crippen LogP contribution in [0.3, 0.4) is 0 Å².